The van der Waals surface area contributed by atoms with Gasteiger partial charge in [-0.15, -0.1) is 0 Å². The lowest BCUT2D eigenvalue weighted by Gasteiger charge is -2.08. The van der Waals surface area contributed by atoms with Crippen LogP contribution < -0.4 is 0 Å². The SMILES string of the molecule is OC1[C@H]2CO[C@@H]1CO2. The van der Waals surface area contributed by atoms with Crippen LogP contribution in [0.5, 0.6) is 0 Å². The number of hydrogen-bond donors (Lipinski definition) is 1. The number of fused-ring (bicyclic) bond motifs is 2. The van der Waals surface area contributed by atoms with Crippen molar-refractivity contribution in [1.29, 1.82) is 0 Å². The van der Waals surface area contributed by atoms with Gasteiger partial charge in [0.2, 0.25) is 0 Å². The van der Waals surface area contributed by atoms with E-state index in [2.05, 4.69) is 0 Å². The largest absolute Gasteiger partial charge is 0.388 e. The van der Waals surface area contributed by atoms with Crippen LogP contribution in [0.15, 0.2) is 0 Å². The maximum Gasteiger partial charge on any atom is 0.111 e. The molecule has 2 aliphatic rings. The number of aliphatic hydroxyl groups is 1. The molecule has 0 aromatic heterocycles. The van der Waals surface area contributed by atoms with Gasteiger partial charge in [-0.05, 0) is 0 Å². The zero-order valence-corrected chi connectivity index (χ0v) is 4.41. The molecule has 3 nitrogen and oxygen atoms in total. The molecule has 0 amide bonds. The van der Waals surface area contributed by atoms with Crippen LogP contribution in [0.1, 0.15) is 0 Å². The van der Waals surface area contributed by atoms with Crippen molar-refractivity contribution in [2.45, 2.75) is 18.3 Å². The molecule has 2 atom stereocenters. The summed E-state index contributed by atoms with van der Waals surface area (Å²) >= 11 is 0. The maximum atomic E-state index is 9.08. The standard InChI is InChI=1S/C5H8O3/c6-5-3-1-7-4(5)2-8-3/h3-6H,1-2H2/t3-,4-/m1/s1. The van der Waals surface area contributed by atoms with Crippen LogP contribution in [0.2, 0.25) is 0 Å². The molecule has 2 aliphatic heterocycles. The first-order valence-electron chi connectivity index (χ1n) is 2.79. The monoisotopic (exact) mass is 116 g/mol. The highest BCUT2D eigenvalue weighted by Crippen LogP contribution is 2.24. The average Bonchev–Trinajstić information content (AvgIpc) is 2.29. The fourth-order valence-electron chi connectivity index (χ4n) is 1.17. The Morgan fingerprint density at radius 1 is 1.12 bits per heavy atom. The predicted molar refractivity (Wildman–Crippen MR) is 25.5 cm³/mol. The lowest BCUT2D eigenvalue weighted by molar-refractivity contribution is -0.0376. The van der Waals surface area contributed by atoms with Crippen LogP contribution in [0.4, 0.5) is 0 Å². The van der Waals surface area contributed by atoms with Crippen molar-refractivity contribution in [2.24, 2.45) is 0 Å². The first-order chi connectivity index (χ1) is 3.88. The summed E-state index contributed by atoms with van der Waals surface area (Å²) in [6.07, 6.45) is -0.407. The number of aliphatic hydroxyl groups excluding tert-OH is 1. The molecule has 8 heavy (non-hydrogen) atoms. The van der Waals surface area contributed by atoms with Gasteiger partial charge in [-0.3, -0.25) is 0 Å². The Labute approximate surface area is 47.2 Å². The van der Waals surface area contributed by atoms with Gasteiger partial charge in [-0.25, -0.2) is 0 Å². The molecule has 2 fully saturated rings. The Kier molecular flexibility index (Phi) is 0.848. The van der Waals surface area contributed by atoms with Gasteiger partial charge in [0, 0.05) is 0 Å². The summed E-state index contributed by atoms with van der Waals surface area (Å²) in [6.45, 7) is 1.15. The highest BCUT2D eigenvalue weighted by molar-refractivity contribution is 4.89. The minimum atomic E-state index is -0.352. The van der Waals surface area contributed by atoms with Gasteiger partial charge in [-0.2, -0.15) is 0 Å². The zero-order valence-electron chi connectivity index (χ0n) is 4.41. The summed E-state index contributed by atoms with van der Waals surface area (Å²) < 4.78 is 10.2. The van der Waals surface area contributed by atoms with Crippen LogP contribution in [-0.4, -0.2) is 36.6 Å². The van der Waals surface area contributed by atoms with Crippen molar-refractivity contribution in [3.63, 3.8) is 0 Å². The van der Waals surface area contributed by atoms with Crippen molar-refractivity contribution in [1.82, 2.24) is 0 Å². The van der Waals surface area contributed by atoms with Crippen LogP contribution in [-0.2, 0) is 9.47 Å². The van der Waals surface area contributed by atoms with E-state index in [1.165, 1.54) is 0 Å². The van der Waals surface area contributed by atoms with Crippen molar-refractivity contribution >= 4 is 0 Å². The van der Waals surface area contributed by atoms with Crippen molar-refractivity contribution in [3.8, 4) is 0 Å². The molecule has 0 aromatic carbocycles. The molecule has 1 N–H and O–H groups in total. The second-order valence-electron chi connectivity index (χ2n) is 2.23. The Morgan fingerprint density at radius 3 is 1.75 bits per heavy atom. The Balaban J connectivity index is 2.16. The molecule has 0 unspecified atom stereocenters. The van der Waals surface area contributed by atoms with E-state index in [1.54, 1.807) is 0 Å². The van der Waals surface area contributed by atoms with Gasteiger partial charge in [0.15, 0.2) is 0 Å². The van der Waals surface area contributed by atoms with E-state index in [0.29, 0.717) is 13.2 Å². The van der Waals surface area contributed by atoms with Gasteiger partial charge in [0.25, 0.3) is 0 Å². The summed E-state index contributed by atoms with van der Waals surface area (Å²) in [5.74, 6) is 0. The molecule has 0 saturated carbocycles. The van der Waals surface area contributed by atoms with E-state index >= 15 is 0 Å². The summed E-state index contributed by atoms with van der Waals surface area (Å²) in [5, 5.41) is 9.08. The minimum Gasteiger partial charge on any atom is -0.388 e. The molecule has 0 aliphatic carbocycles. The molecule has 2 saturated heterocycles. The third-order valence-corrected chi connectivity index (χ3v) is 1.71. The predicted octanol–water partition coefficient (Wildman–Crippen LogP) is -0.855. The second-order valence-corrected chi connectivity index (χ2v) is 2.23. The van der Waals surface area contributed by atoms with E-state index in [4.69, 9.17) is 14.6 Å². The van der Waals surface area contributed by atoms with Crippen LogP contribution in [0.25, 0.3) is 0 Å². The summed E-state index contributed by atoms with van der Waals surface area (Å²) in [7, 11) is 0. The van der Waals surface area contributed by atoms with Crippen LogP contribution in [0, 0.1) is 0 Å². The quantitative estimate of drug-likeness (QED) is 0.448. The minimum absolute atomic E-state index is 0.0278. The Hall–Kier alpha value is -0.120. The average molecular weight is 116 g/mol. The fraction of sp³-hybridized carbons (Fsp3) is 1.00. The summed E-state index contributed by atoms with van der Waals surface area (Å²) in [4.78, 5) is 0. The van der Waals surface area contributed by atoms with Crippen LogP contribution in [0.3, 0.4) is 0 Å². The summed E-state index contributed by atoms with van der Waals surface area (Å²) in [6, 6.07) is 0. The fourth-order valence-corrected chi connectivity index (χ4v) is 1.17. The number of rotatable bonds is 0. The highest BCUT2D eigenvalue weighted by atomic mass is 16.6. The van der Waals surface area contributed by atoms with E-state index < -0.39 is 0 Å². The van der Waals surface area contributed by atoms with Crippen molar-refractivity contribution in [3.05, 3.63) is 0 Å². The Bertz CT molecular complexity index is 83.8. The van der Waals surface area contributed by atoms with Gasteiger partial charge >= 0.3 is 0 Å². The topological polar surface area (TPSA) is 38.7 Å². The van der Waals surface area contributed by atoms with Gasteiger partial charge in [0.05, 0.1) is 13.2 Å². The third kappa shape index (κ3) is 0.438. The van der Waals surface area contributed by atoms with Crippen LogP contribution >= 0.6 is 0 Å². The zero-order chi connectivity index (χ0) is 5.56. The Morgan fingerprint density at radius 2 is 1.62 bits per heavy atom. The third-order valence-electron chi connectivity index (χ3n) is 1.71. The normalized spacial score (nSPS) is 52.9. The molecular weight excluding hydrogens is 108 g/mol. The molecule has 0 radical (unpaired) electrons. The van der Waals surface area contributed by atoms with Gasteiger partial charge in [-0.1, -0.05) is 0 Å². The molecule has 46 valence electrons. The van der Waals surface area contributed by atoms with E-state index in [9.17, 15) is 0 Å². The summed E-state index contributed by atoms with van der Waals surface area (Å²) in [5.41, 5.74) is 0. The molecule has 2 bridgehead atoms. The molecule has 3 heteroatoms. The molecule has 0 aromatic rings. The molecule has 2 heterocycles. The van der Waals surface area contributed by atoms with E-state index in [1.807, 2.05) is 0 Å². The molecule has 0 spiro atoms. The van der Waals surface area contributed by atoms with E-state index in [0.717, 1.165) is 0 Å². The molecule has 2 rings (SSSR count). The number of ether oxygens (including phenoxy) is 2. The second kappa shape index (κ2) is 1.43. The molecular formula is C5H8O3. The van der Waals surface area contributed by atoms with Crippen molar-refractivity contribution in [2.75, 3.05) is 13.2 Å². The van der Waals surface area contributed by atoms with E-state index in [-0.39, 0.29) is 18.3 Å². The lowest BCUT2D eigenvalue weighted by atomic mass is 10.2. The first-order valence-corrected chi connectivity index (χ1v) is 2.79. The highest BCUT2D eigenvalue weighted by Gasteiger charge is 2.42. The first kappa shape index (κ1) is 4.73. The van der Waals surface area contributed by atoms with Gasteiger partial charge < -0.3 is 14.6 Å². The maximum absolute atomic E-state index is 9.08. The van der Waals surface area contributed by atoms with Gasteiger partial charge in [0.1, 0.15) is 18.3 Å². The van der Waals surface area contributed by atoms with Crippen molar-refractivity contribution < 1.29 is 14.6 Å². The smallest absolute Gasteiger partial charge is 0.111 e. The lowest BCUT2D eigenvalue weighted by Crippen LogP contribution is -2.21. The number of hydrogen-bond acceptors (Lipinski definition) is 3.